The second kappa shape index (κ2) is 5.75. The molecule has 4 heteroatoms. The smallest absolute Gasteiger partial charge is 0.125 e. The lowest BCUT2D eigenvalue weighted by atomic mass is 10.0. The van der Waals surface area contributed by atoms with Crippen molar-refractivity contribution in [3.8, 4) is 0 Å². The third-order valence-corrected chi connectivity index (χ3v) is 4.09. The summed E-state index contributed by atoms with van der Waals surface area (Å²) < 4.78 is 5.82. The van der Waals surface area contributed by atoms with Crippen molar-refractivity contribution in [3.05, 3.63) is 16.1 Å². The van der Waals surface area contributed by atoms with E-state index in [0.29, 0.717) is 6.04 Å². The lowest BCUT2D eigenvalue weighted by Gasteiger charge is -2.25. The van der Waals surface area contributed by atoms with E-state index < -0.39 is 0 Å². The molecule has 0 aromatic carbocycles. The Labute approximate surface area is 102 Å². The maximum absolute atomic E-state index is 5.82. The Hall–Kier alpha value is -0.450. The number of nitrogens with one attached hydrogen (secondary N) is 1. The molecule has 92 valence electrons. The van der Waals surface area contributed by atoms with Crippen LogP contribution in [0.2, 0.25) is 0 Å². The second-order valence-electron chi connectivity index (χ2n) is 4.11. The molecule has 0 saturated heterocycles. The summed E-state index contributed by atoms with van der Waals surface area (Å²) in [4.78, 5) is 4.67. The molecule has 16 heavy (non-hydrogen) atoms. The van der Waals surface area contributed by atoms with Crippen LogP contribution >= 0.6 is 11.3 Å². The Morgan fingerprint density at radius 3 is 2.75 bits per heavy atom. The van der Waals surface area contributed by atoms with E-state index in [2.05, 4.69) is 36.5 Å². The van der Waals surface area contributed by atoms with Crippen molar-refractivity contribution in [1.29, 1.82) is 0 Å². The molecular formula is C12H22N2OS. The van der Waals surface area contributed by atoms with Crippen molar-refractivity contribution in [3.63, 3.8) is 0 Å². The highest BCUT2D eigenvalue weighted by Gasteiger charge is 2.28. The molecule has 0 aliphatic heterocycles. The average Bonchev–Trinajstić information content (AvgIpc) is 2.78. The molecule has 2 unspecified atom stereocenters. The highest BCUT2D eigenvalue weighted by molar-refractivity contribution is 7.09. The normalized spacial score (nSPS) is 17.1. The van der Waals surface area contributed by atoms with E-state index in [1.54, 1.807) is 11.3 Å². The quantitative estimate of drug-likeness (QED) is 0.832. The van der Waals surface area contributed by atoms with Gasteiger partial charge in [-0.15, -0.1) is 11.3 Å². The zero-order valence-electron chi connectivity index (χ0n) is 10.8. The molecule has 1 heterocycles. The van der Waals surface area contributed by atoms with Gasteiger partial charge in [-0.2, -0.15) is 0 Å². The Kier molecular flexibility index (Phi) is 4.89. The molecule has 1 N–H and O–H groups in total. The first-order chi connectivity index (χ1) is 7.57. The standard InChI is InChI=1S/C12H22N2OS/c1-6-12(4,15-7-2)11-14-10(8-16-11)9(3)13-5/h8-9,13H,6-7H2,1-5H3. The number of hydrogen-bond donors (Lipinski definition) is 1. The van der Waals surface area contributed by atoms with E-state index >= 15 is 0 Å². The Bertz CT molecular complexity index is 327. The van der Waals surface area contributed by atoms with Crippen LogP contribution in [0.3, 0.4) is 0 Å². The van der Waals surface area contributed by atoms with Gasteiger partial charge in [-0.1, -0.05) is 6.92 Å². The van der Waals surface area contributed by atoms with Crippen LogP contribution in [-0.2, 0) is 10.3 Å². The maximum atomic E-state index is 5.82. The lowest BCUT2D eigenvalue weighted by Crippen LogP contribution is -2.25. The molecular weight excluding hydrogens is 220 g/mol. The Balaban J connectivity index is 2.90. The first-order valence-corrected chi connectivity index (χ1v) is 6.72. The molecule has 3 nitrogen and oxygen atoms in total. The number of rotatable bonds is 6. The van der Waals surface area contributed by atoms with Crippen molar-refractivity contribution < 1.29 is 4.74 Å². The molecule has 0 bridgehead atoms. The van der Waals surface area contributed by atoms with E-state index in [9.17, 15) is 0 Å². The third-order valence-electron chi connectivity index (χ3n) is 2.99. The monoisotopic (exact) mass is 242 g/mol. The summed E-state index contributed by atoms with van der Waals surface area (Å²) in [5.41, 5.74) is 0.868. The largest absolute Gasteiger partial charge is 0.368 e. The van der Waals surface area contributed by atoms with Gasteiger partial charge in [-0.3, -0.25) is 0 Å². The van der Waals surface area contributed by atoms with Crippen LogP contribution < -0.4 is 5.32 Å². The molecule has 1 aromatic rings. The maximum Gasteiger partial charge on any atom is 0.125 e. The van der Waals surface area contributed by atoms with E-state index in [4.69, 9.17) is 4.74 Å². The second-order valence-corrected chi connectivity index (χ2v) is 4.96. The minimum atomic E-state index is -0.231. The zero-order valence-corrected chi connectivity index (χ0v) is 11.6. The van der Waals surface area contributed by atoms with Crippen molar-refractivity contribution >= 4 is 11.3 Å². The fourth-order valence-corrected chi connectivity index (χ4v) is 2.61. The zero-order chi connectivity index (χ0) is 12.2. The molecule has 0 spiro atoms. The van der Waals surface area contributed by atoms with Crippen LogP contribution in [0, 0.1) is 0 Å². The first-order valence-electron chi connectivity index (χ1n) is 5.84. The van der Waals surface area contributed by atoms with Gasteiger partial charge in [-0.05, 0) is 34.2 Å². The van der Waals surface area contributed by atoms with Gasteiger partial charge in [0.1, 0.15) is 10.6 Å². The Morgan fingerprint density at radius 1 is 1.56 bits per heavy atom. The highest BCUT2D eigenvalue weighted by Crippen LogP contribution is 2.32. The summed E-state index contributed by atoms with van der Waals surface area (Å²) in [5.74, 6) is 0. The highest BCUT2D eigenvalue weighted by atomic mass is 32.1. The summed E-state index contributed by atoms with van der Waals surface area (Å²) in [6, 6.07) is 0.299. The molecule has 0 fully saturated rings. The SMILES string of the molecule is CCOC(C)(CC)c1nc(C(C)NC)cs1. The van der Waals surface area contributed by atoms with Gasteiger partial charge < -0.3 is 10.1 Å². The predicted molar refractivity (Wildman–Crippen MR) is 68.9 cm³/mol. The van der Waals surface area contributed by atoms with Crippen LogP contribution in [0.15, 0.2) is 5.38 Å². The average molecular weight is 242 g/mol. The van der Waals surface area contributed by atoms with E-state index in [-0.39, 0.29) is 5.60 Å². The minimum absolute atomic E-state index is 0.231. The number of aromatic nitrogens is 1. The molecule has 0 aliphatic carbocycles. The van der Waals surface area contributed by atoms with Gasteiger partial charge in [0.25, 0.3) is 0 Å². The van der Waals surface area contributed by atoms with Crippen LogP contribution in [0.25, 0.3) is 0 Å². The molecule has 0 saturated carbocycles. The topological polar surface area (TPSA) is 34.1 Å². The molecule has 2 atom stereocenters. The third kappa shape index (κ3) is 2.81. The number of thiazole rings is 1. The molecule has 1 rings (SSSR count). The first kappa shape index (κ1) is 13.6. The summed E-state index contributed by atoms with van der Waals surface area (Å²) in [6.45, 7) is 9.11. The van der Waals surface area contributed by atoms with Crippen molar-refractivity contribution in [2.24, 2.45) is 0 Å². The number of hydrogen-bond acceptors (Lipinski definition) is 4. The Morgan fingerprint density at radius 2 is 2.25 bits per heavy atom. The molecule has 0 radical (unpaired) electrons. The van der Waals surface area contributed by atoms with Crippen molar-refractivity contribution in [1.82, 2.24) is 10.3 Å². The number of ether oxygens (including phenoxy) is 1. The van der Waals surface area contributed by atoms with E-state index in [1.165, 1.54) is 0 Å². The summed E-state index contributed by atoms with van der Waals surface area (Å²) in [6.07, 6.45) is 0.946. The molecule has 1 aromatic heterocycles. The summed E-state index contributed by atoms with van der Waals surface area (Å²) in [7, 11) is 1.95. The van der Waals surface area contributed by atoms with Crippen LogP contribution in [0.4, 0.5) is 0 Å². The minimum Gasteiger partial charge on any atom is -0.368 e. The van der Waals surface area contributed by atoms with Gasteiger partial charge in [0, 0.05) is 18.0 Å². The van der Waals surface area contributed by atoms with Gasteiger partial charge in [0.15, 0.2) is 0 Å². The lowest BCUT2D eigenvalue weighted by molar-refractivity contribution is -0.0325. The van der Waals surface area contributed by atoms with Crippen molar-refractivity contribution in [2.45, 2.75) is 45.8 Å². The van der Waals surface area contributed by atoms with Crippen LogP contribution in [0.1, 0.15) is 50.9 Å². The predicted octanol–water partition coefficient (Wildman–Crippen LogP) is 3.09. The van der Waals surface area contributed by atoms with Gasteiger partial charge >= 0.3 is 0 Å². The van der Waals surface area contributed by atoms with Gasteiger partial charge in [0.05, 0.1) is 5.69 Å². The molecule has 0 aliphatic rings. The van der Waals surface area contributed by atoms with Gasteiger partial charge in [0.2, 0.25) is 0 Å². The fraction of sp³-hybridized carbons (Fsp3) is 0.750. The van der Waals surface area contributed by atoms with E-state index in [1.807, 2.05) is 14.0 Å². The fourth-order valence-electron chi connectivity index (χ4n) is 1.51. The summed E-state index contributed by atoms with van der Waals surface area (Å²) >= 11 is 1.69. The number of nitrogens with zero attached hydrogens (tertiary/aromatic N) is 1. The van der Waals surface area contributed by atoms with Crippen LogP contribution in [-0.4, -0.2) is 18.6 Å². The van der Waals surface area contributed by atoms with Crippen molar-refractivity contribution in [2.75, 3.05) is 13.7 Å². The van der Waals surface area contributed by atoms with Crippen LogP contribution in [0.5, 0.6) is 0 Å². The van der Waals surface area contributed by atoms with E-state index in [0.717, 1.165) is 23.7 Å². The molecule has 0 amide bonds. The van der Waals surface area contributed by atoms with Gasteiger partial charge in [-0.25, -0.2) is 4.98 Å². The summed E-state index contributed by atoms with van der Waals surface area (Å²) in [5, 5.41) is 6.39.